The van der Waals surface area contributed by atoms with Crippen molar-refractivity contribution in [3.8, 4) is 0 Å². The predicted molar refractivity (Wildman–Crippen MR) is 81.8 cm³/mol. The summed E-state index contributed by atoms with van der Waals surface area (Å²) in [7, 11) is 0. The van der Waals surface area contributed by atoms with Crippen molar-refractivity contribution in [3.63, 3.8) is 0 Å². The molecule has 1 aromatic rings. The van der Waals surface area contributed by atoms with Crippen LogP contribution in [0.3, 0.4) is 0 Å². The van der Waals surface area contributed by atoms with Gasteiger partial charge in [0.15, 0.2) is 0 Å². The van der Waals surface area contributed by atoms with Gasteiger partial charge in [-0.2, -0.15) is 0 Å². The minimum Gasteiger partial charge on any atom is -0.378 e. The number of piperidine rings is 1. The molecule has 2 heterocycles. The van der Waals surface area contributed by atoms with E-state index >= 15 is 0 Å². The van der Waals surface area contributed by atoms with Crippen molar-refractivity contribution >= 4 is 5.91 Å². The molecule has 6 heteroatoms. The van der Waals surface area contributed by atoms with E-state index < -0.39 is 11.6 Å². The summed E-state index contributed by atoms with van der Waals surface area (Å²) >= 11 is 0. The Bertz CT molecular complexity index is 554. The van der Waals surface area contributed by atoms with Crippen LogP contribution in [0.5, 0.6) is 0 Å². The van der Waals surface area contributed by atoms with Gasteiger partial charge in [-0.3, -0.25) is 9.69 Å². The van der Waals surface area contributed by atoms with Crippen molar-refractivity contribution in [1.29, 1.82) is 0 Å². The molecule has 0 atom stereocenters. The Morgan fingerprint density at radius 1 is 1.13 bits per heavy atom. The van der Waals surface area contributed by atoms with E-state index in [1.807, 2.05) is 4.90 Å². The van der Waals surface area contributed by atoms with Crippen molar-refractivity contribution in [1.82, 2.24) is 9.80 Å². The summed E-state index contributed by atoms with van der Waals surface area (Å²) < 4.78 is 31.9. The number of morpholine rings is 1. The summed E-state index contributed by atoms with van der Waals surface area (Å²) in [6.45, 7) is 4.59. The monoisotopic (exact) mass is 324 g/mol. The molecule has 0 unspecified atom stereocenters. The first kappa shape index (κ1) is 16.3. The highest BCUT2D eigenvalue weighted by molar-refractivity contribution is 5.79. The number of carbonyl (C=O) groups excluding carboxylic acids is 1. The highest BCUT2D eigenvalue weighted by atomic mass is 19.1. The molecule has 126 valence electrons. The lowest BCUT2D eigenvalue weighted by Crippen LogP contribution is -2.46. The fourth-order valence-electron chi connectivity index (χ4n) is 3.27. The molecule has 2 fully saturated rings. The minimum absolute atomic E-state index is 0.0578. The SMILES string of the molecule is O=C(C1CCN(Cc2ccc(F)cc2F)CC1)N1CCOCC1. The van der Waals surface area contributed by atoms with Gasteiger partial charge in [-0.1, -0.05) is 6.07 Å². The quantitative estimate of drug-likeness (QED) is 0.853. The van der Waals surface area contributed by atoms with E-state index in [0.717, 1.165) is 32.0 Å². The number of benzene rings is 1. The number of halogens is 2. The average Bonchev–Trinajstić information content (AvgIpc) is 2.58. The fraction of sp³-hybridized carbons (Fsp3) is 0.588. The van der Waals surface area contributed by atoms with E-state index in [1.165, 1.54) is 12.1 Å². The number of rotatable bonds is 3. The third-order valence-corrected chi connectivity index (χ3v) is 4.67. The number of nitrogens with zero attached hydrogens (tertiary/aromatic N) is 2. The Kier molecular flexibility index (Phi) is 5.23. The standard InChI is InChI=1S/C17H22F2N2O2/c18-15-2-1-14(16(19)11-15)12-20-5-3-13(4-6-20)17(22)21-7-9-23-10-8-21/h1-2,11,13H,3-10,12H2. The van der Waals surface area contributed by atoms with Crippen molar-refractivity contribution in [2.24, 2.45) is 5.92 Å². The van der Waals surface area contributed by atoms with Crippen molar-refractivity contribution in [2.75, 3.05) is 39.4 Å². The molecule has 0 aliphatic carbocycles. The lowest BCUT2D eigenvalue weighted by atomic mass is 9.94. The number of carbonyl (C=O) groups is 1. The van der Waals surface area contributed by atoms with E-state index in [4.69, 9.17) is 4.74 Å². The molecule has 4 nitrogen and oxygen atoms in total. The second-order valence-electron chi connectivity index (χ2n) is 6.22. The first-order valence-corrected chi connectivity index (χ1v) is 8.16. The number of hydrogen-bond donors (Lipinski definition) is 0. The maximum Gasteiger partial charge on any atom is 0.225 e. The Labute approximate surface area is 135 Å². The summed E-state index contributed by atoms with van der Waals surface area (Å²) in [6.07, 6.45) is 1.58. The van der Waals surface area contributed by atoms with Gasteiger partial charge in [0, 0.05) is 37.2 Å². The molecule has 0 saturated carbocycles. The average molecular weight is 324 g/mol. The summed E-state index contributed by atoms with van der Waals surface area (Å²) in [5.41, 5.74) is 0.504. The van der Waals surface area contributed by atoms with Crippen LogP contribution in [0.25, 0.3) is 0 Å². The molecule has 2 aliphatic heterocycles. The van der Waals surface area contributed by atoms with E-state index in [1.54, 1.807) is 0 Å². The van der Waals surface area contributed by atoms with Gasteiger partial charge in [0.05, 0.1) is 13.2 Å². The van der Waals surface area contributed by atoms with Gasteiger partial charge in [-0.15, -0.1) is 0 Å². The highest BCUT2D eigenvalue weighted by Gasteiger charge is 2.29. The second kappa shape index (κ2) is 7.36. The number of ether oxygens (including phenoxy) is 1. The maximum atomic E-state index is 13.7. The molecule has 0 spiro atoms. The van der Waals surface area contributed by atoms with Crippen LogP contribution in [0.1, 0.15) is 18.4 Å². The zero-order valence-electron chi connectivity index (χ0n) is 13.1. The molecule has 0 aromatic heterocycles. The zero-order chi connectivity index (χ0) is 16.2. The molecule has 1 amide bonds. The fourth-order valence-corrected chi connectivity index (χ4v) is 3.27. The third kappa shape index (κ3) is 4.06. The second-order valence-corrected chi connectivity index (χ2v) is 6.22. The number of hydrogen-bond acceptors (Lipinski definition) is 3. The van der Waals surface area contributed by atoms with E-state index in [9.17, 15) is 13.6 Å². The Morgan fingerprint density at radius 3 is 2.48 bits per heavy atom. The summed E-state index contributed by atoms with van der Waals surface area (Å²) in [4.78, 5) is 16.5. The van der Waals surface area contributed by atoms with Crippen LogP contribution in [-0.2, 0) is 16.1 Å². The molecule has 3 rings (SSSR count). The maximum absolute atomic E-state index is 13.7. The Hall–Kier alpha value is -1.53. The molecule has 23 heavy (non-hydrogen) atoms. The number of amides is 1. The van der Waals surface area contributed by atoms with Crippen LogP contribution in [0.4, 0.5) is 8.78 Å². The molecule has 1 aromatic carbocycles. The van der Waals surface area contributed by atoms with Gasteiger partial charge in [0.2, 0.25) is 5.91 Å². The van der Waals surface area contributed by atoms with Crippen LogP contribution in [-0.4, -0.2) is 55.1 Å². The van der Waals surface area contributed by atoms with Gasteiger partial charge in [-0.25, -0.2) is 8.78 Å². The van der Waals surface area contributed by atoms with E-state index in [0.29, 0.717) is 38.4 Å². The summed E-state index contributed by atoms with van der Waals surface area (Å²) in [5.74, 6) is -0.777. The zero-order valence-corrected chi connectivity index (χ0v) is 13.1. The normalized spacial score (nSPS) is 20.7. The van der Waals surface area contributed by atoms with Crippen molar-refractivity contribution < 1.29 is 18.3 Å². The first-order chi connectivity index (χ1) is 11.1. The number of likely N-dealkylation sites (tertiary alicyclic amines) is 1. The smallest absolute Gasteiger partial charge is 0.225 e. The van der Waals surface area contributed by atoms with Gasteiger partial charge >= 0.3 is 0 Å². The molecular weight excluding hydrogens is 302 g/mol. The first-order valence-electron chi connectivity index (χ1n) is 8.16. The van der Waals surface area contributed by atoms with E-state index in [-0.39, 0.29) is 11.8 Å². The highest BCUT2D eigenvalue weighted by Crippen LogP contribution is 2.22. The predicted octanol–water partition coefficient (Wildman–Crippen LogP) is 2.04. The topological polar surface area (TPSA) is 32.8 Å². The molecule has 0 N–H and O–H groups in total. The van der Waals surface area contributed by atoms with Crippen LogP contribution in [0.15, 0.2) is 18.2 Å². The van der Waals surface area contributed by atoms with Crippen LogP contribution in [0.2, 0.25) is 0 Å². The molecular formula is C17H22F2N2O2. The van der Waals surface area contributed by atoms with Crippen LogP contribution < -0.4 is 0 Å². The minimum atomic E-state index is -0.555. The molecule has 2 aliphatic rings. The third-order valence-electron chi connectivity index (χ3n) is 4.67. The van der Waals surface area contributed by atoms with Crippen LogP contribution >= 0.6 is 0 Å². The van der Waals surface area contributed by atoms with Crippen molar-refractivity contribution in [3.05, 3.63) is 35.4 Å². The Morgan fingerprint density at radius 2 is 1.83 bits per heavy atom. The summed E-state index contributed by atoms with van der Waals surface area (Å²) in [5, 5.41) is 0. The van der Waals surface area contributed by atoms with Crippen LogP contribution in [0, 0.1) is 17.6 Å². The summed E-state index contributed by atoms with van der Waals surface area (Å²) in [6, 6.07) is 3.70. The van der Waals surface area contributed by atoms with Gasteiger partial charge in [0.1, 0.15) is 11.6 Å². The van der Waals surface area contributed by atoms with E-state index in [2.05, 4.69) is 4.90 Å². The van der Waals surface area contributed by atoms with Gasteiger partial charge < -0.3 is 9.64 Å². The van der Waals surface area contributed by atoms with Gasteiger partial charge in [-0.05, 0) is 32.0 Å². The van der Waals surface area contributed by atoms with Gasteiger partial charge in [0.25, 0.3) is 0 Å². The van der Waals surface area contributed by atoms with Crippen molar-refractivity contribution in [2.45, 2.75) is 19.4 Å². The molecule has 0 bridgehead atoms. The largest absolute Gasteiger partial charge is 0.378 e. The molecule has 2 saturated heterocycles. The lowest BCUT2D eigenvalue weighted by Gasteiger charge is -2.35. The molecule has 0 radical (unpaired) electrons. The lowest BCUT2D eigenvalue weighted by molar-refractivity contribution is -0.141. The Balaban J connectivity index is 1.51.